The number of benzene rings is 2. The van der Waals surface area contributed by atoms with Gasteiger partial charge in [-0.05, 0) is 49.2 Å². The fourth-order valence-corrected chi connectivity index (χ4v) is 4.85. The molecular formula is C17H15FN2O3S. The molecule has 7 heteroatoms. The van der Waals surface area contributed by atoms with E-state index in [1.807, 2.05) is 18.2 Å². The molecule has 5 nitrogen and oxygen atoms in total. The van der Waals surface area contributed by atoms with Crippen LogP contribution in [0.3, 0.4) is 0 Å². The van der Waals surface area contributed by atoms with Crippen molar-refractivity contribution in [2.45, 2.75) is 23.8 Å². The Labute approximate surface area is 138 Å². The summed E-state index contributed by atoms with van der Waals surface area (Å²) in [6, 6.07) is 11.9. The molecule has 1 saturated heterocycles. The van der Waals surface area contributed by atoms with Crippen LogP contribution < -0.4 is 0 Å². The van der Waals surface area contributed by atoms with Gasteiger partial charge >= 0.3 is 0 Å². The van der Waals surface area contributed by atoms with Gasteiger partial charge in [-0.1, -0.05) is 17.3 Å². The summed E-state index contributed by atoms with van der Waals surface area (Å²) in [7, 11) is -3.71. The SMILES string of the molecule is O=S(=O)(c1ccc(F)cc1)N1CCC[C@H]1c1noc2ccccc12. The molecule has 0 radical (unpaired) electrons. The predicted molar refractivity (Wildman–Crippen MR) is 86.3 cm³/mol. The highest BCUT2D eigenvalue weighted by Gasteiger charge is 2.38. The van der Waals surface area contributed by atoms with Crippen LogP contribution in [0.2, 0.25) is 0 Å². The molecular weight excluding hydrogens is 331 g/mol. The van der Waals surface area contributed by atoms with Crippen molar-refractivity contribution in [1.29, 1.82) is 0 Å². The van der Waals surface area contributed by atoms with Gasteiger partial charge in [-0.15, -0.1) is 0 Å². The van der Waals surface area contributed by atoms with E-state index in [0.29, 0.717) is 24.2 Å². The van der Waals surface area contributed by atoms with Crippen LogP contribution in [0.4, 0.5) is 4.39 Å². The molecule has 1 aliphatic heterocycles. The number of sulfonamides is 1. The van der Waals surface area contributed by atoms with Crippen molar-refractivity contribution >= 4 is 21.0 Å². The zero-order chi connectivity index (χ0) is 16.7. The summed E-state index contributed by atoms with van der Waals surface area (Å²) in [6.45, 7) is 0.408. The normalized spacial score (nSPS) is 19.1. The highest BCUT2D eigenvalue weighted by atomic mass is 32.2. The molecule has 2 heterocycles. The Balaban J connectivity index is 1.76. The number of halogens is 1. The topological polar surface area (TPSA) is 63.4 Å². The molecule has 124 valence electrons. The second-order valence-electron chi connectivity index (χ2n) is 5.79. The summed E-state index contributed by atoms with van der Waals surface area (Å²) in [4.78, 5) is 0.0867. The number of fused-ring (bicyclic) bond motifs is 1. The number of aromatic nitrogens is 1. The van der Waals surface area contributed by atoms with Crippen LogP contribution in [0.5, 0.6) is 0 Å². The van der Waals surface area contributed by atoms with Gasteiger partial charge in [0, 0.05) is 11.9 Å². The lowest BCUT2D eigenvalue weighted by Crippen LogP contribution is -2.31. The Morgan fingerprint density at radius 3 is 2.67 bits per heavy atom. The predicted octanol–water partition coefficient (Wildman–Crippen LogP) is 3.49. The zero-order valence-electron chi connectivity index (χ0n) is 12.7. The molecule has 3 aromatic rings. The maximum atomic E-state index is 13.1. The minimum Gasteiger partial charge on any atom is -0.356 e. The average Bonchev–Trinajstić information content (AvgIpc) is 3.22. The van der Waals surface area contributed by atoms with Gasteiger partial charge in [0.2, 0.25) is 10.0 Å². The first kappa shape index (κ1) is 15.3. The summed E-state index contributed by atoms with van der Waals surface area (Å²) >= 11 is 0. The lowest BCUT2D eigenvalue weighted by Gasteiger charge is -2.22. The third-order valence-corrected chi connectivity index (χ3v) is 6.27. The standard InChI is InChI=1S/C17H15FN2O3S/c18-12-7-9-13(10-8-12)24(21,22)20-11-3-5-15(20)17-14-4-1-2-6-16(14)23-19-17/h1-2,4,6-10,15H,3,5,11H2/t15-/m0/s1. The van der Waals surface area contributed by atoms with Crippen LogP contribution in [0.25, 0.3) is 11.0 Å². The Morgan fingerprint density at radius 2 is 1.88 bits per heavy atom. The quantitative estimate of drug-likeness (QED) is 0.728. The minimum atomic E-state index is -3.71. The summed E-state index contributed by atoms with van der Waals surface area (Å²) < 4.78 is 45.7. The van der Waals surface area contributed by atoms with E-state index in [0.717, 1.165) is 23.9 Å². The Morgan fingerprint density at radius 1 is 1.12 bits per heavy atom. The van der Waals surface area contributed by atoms with Crippen molar-refractivity contribution in [1.82, 2.24) is 9.46 Å². The molecule has 0 amide bonds. The van der Waals surface area contributed by atoms with Crippen molar-refractivity contribution in [3.63, 3.8) is 0 Å². The van der Waals surface area contributed by atoms with Crippen molar-refractivity contribution in [2.75, 3.05) is 6.54 Å². The highest BCUT2D eigenvalue weighted by molar-refractivity contribution is 7.89. The van der Waals surface area contributed by atoms with E-state index in [4.69, 9.17) is 4.52 Å². The molecule has 24 heavy (non-hydrogen) atoms. The summed E-state index contributed by atoms with van der Waals surface area (Å²) in [5.74, 6) is -0.464. The second kappa shape index (κ2) is 5.68. The number of rotatable bonds is 3. The number of hydrogen-bond donors (Lipinski definition) is 0. The molecule has 0 saturated carbocycles. The molecule has 0 bridgehead atoms. The third-order valence-electron chi connectivity index (χ3n) is 4.34. The van der Waals surface area contributed by atoms with Gasteiger partial charge in [-0.3, -0.25) is 0 Å². The third kappa shape index (κ3) is 2.40. The lowest BCUT2D eigenvalue weighted by molar-refractivity contribution is 0.366. The first-order valence-corrected chi connectivity index (χ1v) is 9.13. The van der Waals surface area contributed by atoms with E-state index in [1.54, 1.807) is 6.07 Å². The van der Waals surface area contributed by atoms with Crippen molar-refractivity contribution in [3.05, 3.63) is 60.0 Å². The molecule has 1 atom stereocenters. The molecule has 1 aliphatic rings. The van der Waals surface area contributed by atoms with E-state index < -0.39 is 15.8 Å². The highest BCUT2D eigenvalue weighted by Crippen LogP contribution is 2.38. The van der Waals surface area contributed by atoms with Gasteiger partial charge in [-0.25, -0.2) is 12.8 Å². The fourth-order valence-electron chi connectivity index (χ4n) is 3.19. The summed E-state index contributed by atoms with van der Waals surface area (Å²) in [5, 5.41) is 4.93. The lowest BCUT2D eigenvalue weighted by atomic mass is 10.1. The molecule has 0 unspecified atom stereocenters. The van der Waals surface area contributed by atoms with Gasteiger partial charge in [0.05, 0.1) is 10.9 Å². The molecule has 0 spiro atoms. The number of para-hydroxylation sites is 1. The van der Waals surface area contributed by atoms with Gasteiger partial charge in [0.25, 0.3) is 0 Å². The van der Waals surface area contributed by atoms with Gasteiger partial charge in [0.1, 0.15) is 11.5 Å². The zero-order valence-corrected chi connectivity index (χ0v) is 13.5. The Hall–Kier alpha value is -2.25. The molecule has 4 rings (SSSR count). The van der Waals surface area contributed by atoms with E-state index in [9.17, 15) is 12.8 Å². The molecule has 2 aromatic carbocycles. The maximum absolute atomic E-state index is 13.1. The molecule has 0 N–H and O–H groups in total. The van der Waals surface area contributed by atoms with Crippen LogP contribution in [0, 0.1) is 5.82 Å². The summed E-state index contributed by atoms with van der Waals surface area (Å²) in [6.07, 6.45) is 1.42. The minimum absolute atomic E-state index is 0.0867. The molecule has 1 aromatic heterocycles. The van der Waals surface area contributed by atoms with Crippen LogP contribution in [0.1, 0.15) is 24.6 Å². The fraction of sp³-hybridized carbons (Fsp3) is 0.235. The first-order valence-electron chi connectivity index (χ1n) is 7.69. The maximum Gasteiger partial charge on any atom is 0.243 e. The second-order valence-corrected chi connectivity index (χ2v) is 7.68. The number of nitrogens with zero attached hydrogens (tertiary/aromatic N) is 2. The molecule has 0 aliphatic carbocycles. The van der Waals surface area contributed by atoms with Gasteiger partial charge in [0.15, 0.2) is 5.58 Å². The summed E-state index contributed by atoms with van der Waals surface area (Å²) in [5.41, 5.74) is 1.27. The van der Waals surface area contributed by atoms with Crippen LogP contribution in [0.15, 0.2) is 57.9 Å². The average molecular weight is 346 g/mol. The van der Waals surface area contributed by atoms with E-state index in [2.05, 4.69) is 5.16 Å². The van der Waals surface area contributed by atoms with E-state index in [1.165, 1.54) is 16.4 Å². The monoisotopic (exact) mass is 346 g/mol. The Kier molecular flexibility index (Phi) is 3.62. The van der Waals surface area contributed by atoms with Crippen LogP contribution in [-0.2, 0) is 10.0 Å². The van der Waals surface area contributed by atoms with Gasteiger partial charge in [-0.2, -0.15) is 4.31 Å². The molecule has 1 fully saturated rings. The van der Waals surface area contributed by atoms with Crippen molar-refractivity contribution in [3.8, 4) is 0 Å². The first-order chi connectivity index (χ1) is 11.6. The largest absolute Gasteiger partial charge is 0.356 e. The Bertz CT molecular complexity index is 982. The van der Waals surface area contributed by atoms with Crippen molar-refractivity contribution in [2.24, 2.45) is 0 Å². The smallest absolute Gasteiger partial charge is 0.243 e. The van der Waals surface area contributed by atoms with E-state index in [-0.39, 0.29) is 10.9 Å². The van der Waals surface area contributed by atoms with Gasteiger partial charge < -0.3 is 4.52 Å². The number of hydrogen-bond acceptors (Lipinski definition) is 4. The van der Waals surface area contributed by atoms with Crippen molar-refractivity contribution < 1.29 is 17.3 Å². The van der Waals surface area contributed by atoms with Crippen LogP contribution in [-0.4, -0.2) is 24.4 Å². The van der Waals surface area contributed by atoms with Crippen LogP contribution >= 0.6 is 0 Å². The van der Waals surface area contributed by atoms with E-state index >= 15 is 0 Å².